The molecule has 2 saturated heterocycles. The largest absolute Gasteiger partial charge is 0.369 e. The van der Waals surface area contributed by atoms with Gasteiger partial charge in [-0.05, 0) is 36.1 Å². The molecule has 0 aromatic heterocycles. The van der Waals surface area contributed by atoms with Gasteiger partial charge in [-0.2, -0.15) is 0 Å². The summed E-state index contributed by atoms with van der Waals surface area (Å²) in [6.07, 6.45) is 4.09. The standard InChI is InChI=1S/C26H34N4O/c31-26(30-19-17-29(18-20-30)24-7-4-8-24)21-27-13-15-28(16-14-27)25-11-9-23(10-12-25)22-5-2-1-3-6-22/h1-3,5-6,9-12,24H,4,7-8,13-21H2. The number of carbonyl (C=O) groups is 1. The molecular formula is C26H34N4O. The summed E-state index contributed by atoms with van der Waals surface area (Å²) in [6, 6.07) is 20.2. The molecule has 5 rings (SSSR count). The summed E-state index contributed by atoms with van der Waals surface area (Å²) >= 11 is 0. The van der Waals surface area contributed by atoms with Crippen LogP contribution < -0.4 is 4.90 Å². The summed E-state index contributed by atoms with van der Waals surface area (Å²) in [5.74, 6) is 0.314. The van der Waals surface area contributed by atoms with E-state index >= 15 is 0 Å². The Morgan fingerprint density at radius 1 is 0.742 bits per heavy atom. The molecule has 0 spiro atoms. The Hall–Kier alpha value is -2.37. The number of nitrogens with zero attached hydrogens (tertiary/aromatic N) is 4. The Labute approximate surface area is 186 Å². The van der Waals surface area contributed by atoms with Crippen molar-refractivity contribution >= 4 is 11.6 Å². The van der Waals surface area contributed by atoms with Crippen LogP contribution in [-0.4, -0.2) is 85.6 Å². The maximum Gasteiger partial charge on any atom is 0.236 e. The monoisotopic (exact) mass is 418 g/mol. The van der Waals surface area contributed by atoms with Crippen LogP contribution in [0.4, 0.5) is 5.69 Å². The van der Waals surface area contributed by atoms with Crippen LogP contribution in [0.15, 0.2) is 54.6 Å². The van der Waals surface area contributed by atoms with Crippen LogP contribution in [0.3, 0.4) is 0 Å². The molecule has 2 aliphatic heterocycles. The molecule has 1 amide bonds. The minimum absolute atomic E-state index is 0.314. The molecule has 1 aliphatic carbocycles. The highest BCUT2D eigenvalue weighted by molar-refractivity contribution is 5.78. The van der Waals surface area contributed by atoms with E-state index in [4.69, 9.17) is 0 Å². The summed E-state index contributed by atoms with van der Waals surface area (Å²) in [4.78, 5) is 22.2. The minimum Gasteiger partial charge on any atom is -0.369 e. The van der Waals surface area contributed by atoms with Gasteiger partial charge in [0.15, 0.2) is 0 Å². The average Bonchev–Trinajstić information content (AvgIpc) is 2.80. The molecule has 0 radical (unpaired) electrons. The van der Waals surface area contributed by atoms with Gasteiger partial charge >= 0.3 is 0 Å². The van der Waals surface area contributed by atoms with Gasteiger partial charge in [-0.25, -0.2) is 0 Å². The van der Waals surface area contributed by atoms with Gasteiger partial charge < -0.3 is 9.80 Å². The van der Waals surface area contributed by atoms with Gasteiger partial charge in [-0.15, -0.1) is 0 Å². The van der Waals surface area contributed by atoms with Crippen LogP contribution >= 0.6 is 0 Å². The highest BCUT2D eigenvalue weighted by Crippen LogP contribution is 2.26. The number of rotatable bonds is 5. The summed E-state index contributed by atoms with van der Waals surface area (Å²) < 4.78 is 0. The number of hydrogen-bond acceptors (Lipinski definition) is 4. The number of benzene rings is 2. The summed E-state index contributed by atoms with van der Waals surface area (Å²) in [6.45, 7) is 8.37. The summed E-state index contributed by atoms with van der Waals surface area (Å²) in [5, 5.41) is 0. The van der Waals surface area contributed by atoms with Crippen molar-refractivity contribution in [1.82, 2.24) is 14.7 Å². The highest BCUT2D eigenvalue weighted by Gasteiger charge is 2.30. The van der Waals surface area contributed by atoms with E-state index in [-0.39, 0.29) is 0 Å². The fourth-order valence-electron chi connectivity index (χ4n) is 5.04. The van der Waals surface area contributed by atoms with E-state index in [1.54, 1.807) is 0 Å². The second kappa shape index (κ2) is 9.41. The second-order valence-corrected chi connectivity index (χ2v) is 9.18. The first-order valence-corrected chi connectivity index (χ1v) is 11.9. The topological polar surface area (TPSA) is 30.0 Å². The van der Waals surface area contributed by atoms with Crippen molar-refractivity contribution in [3.8, 4) is 11.1 Å². The molecule has 5 nitrogen and oxygen atoms in total. The van der Waals surface area contributed by atoms with E-state index < -0.39 is 0 Å². The maximum atomic E-state index is 12.8. The molecule has 3 aliphatic rings. The van der Waals surface area contributed by atoms with Crippen LogP contribution in [-0.2, 0) is 4.79 Å². The predicted octanol–water partition coefficient (Wildman–Crippen LogP) is 3.17. The first-order valence-electron chi connectivity index (χ1n) is 11.9. The lowest BCUT2D eigenvalue weighted by Crippen LogP contribution is -2.56. The Morgan fingerprint density at radius 2 is 1.39 bits per heavy atom. The zero-order valence-electron chi connectivity index (χ0n) is 18.5. The van der Waals surface area contributed by atoms with E-state index in [9.17, 15) is 4.79 Å². The van der Waals surface area contributed by atoms with Gasteiger partial charge in [-0.1, -0.05) is 48.9 Å². The molecule has 3 fully saturated rings. The summed E-state index contributed by atoms with van der Waals surface area (Å²) in [7, 11) is 0. The van der Waals surface area contributed by atoms with Crippen molar-refractivity contribution in [3.63, 3.8) is 0 Å². The second-order valence-electron chi connectivity index (χ2n) is 9.18. The van der Waals surface area contributed by atoms with Gasteiger partial charge in [0, 0.05) is 64.1 Å². The zero-order chi connectivity index (χ0) is 21.0. The average molecular weight is 419 g/mol. The molecule has 0 unspecified atom stereocenters. The highest BCUT2D eigenvalue weighted by atomic mass is 16.2. The molecule has 0 atom stereocenters. The van der Waals surface area contributed by atoms with Crippen molar-refractivity contribution in [2.24, 2.45) is 0 Å². The Kier molecular flexibility index (Phi) is 6.23. The number of piperazine rings is 2. The van der Waals surface area contributed by atoms with E-state index in [0.29, 0.717) is 12.5 Å². The normalized spacial score (nSPS) is 21.2. The van der Waals surface area contributed by atoms with Crippen molar-refractivity contribution in [3.05, 3.63) is 54.6 Å². The lowest BCUT2D eigenvalue weighted by atomic mass is 9.91. The van der Waals surface area contributed by atoms with Crippen molar-refractivity contribution in [2.45, 2.75) is 25.3 Å². The van der Waals surface area contributed by atoms with Crippen LogP contribution in [0.2, 0.25) is 0 Å². The van der Waals surface area contributed by atoms with E-state index in [1.807, 2.05) is 0 Å². The Balaban J connectivity index is 1.08. The Bertz CT molecular complexity index is 849. The van der Waals surface area contributed by atoms with Crippen LogP contribution in [0.5, 0.6) is 0 Å². The van der Waals surface area contributed by atoms with Crippen LogP contribution in [0.25, 0.3) is 11.1 Å². The minimum atomic E-state index is 0.314. The molecule has 2 heterocycles. The quantitative estimate of drug-likeness (QED) is 0.746. The lowest BCUT2D eigenvalue weighted by Gasteiger charge is -2.43. The number of anilines is 1. The van der Waals surface area contributed by atoms with Gasteiger partial charge in [0.2, 0.25) is 5.91 Å². The van der Waals surface area contributed by atoms with Crippen molar-refractivity contribution < 1.29 is 4.79 Å². The van der Waals surface area contributed by atoms with Crippen molar-refractivity contribution in [2.75, 3.05) is 63.8 Å². The van der Waals surface area contributed by atoms with E-state index in [2.05, 4.69) is 74.2 Å². The molecule has 2 aromatic carbocycles. The Morgan fingerprint density at radius 3 is 2.00 bits per heavy atom. The molecular weight excluding hydrogens is 384 g/mol. The fraction of sp³-hybridized carbons (Fsp3) is 0.500. The van der Waals surface area contributed by atoms with Gasteiger partial charge in [0.1, 0.15) is 0 Å². The third-order valence-electron chi connectivity index (χ3n) is 7.33. The van der Waals surface area contributed by atoms with Crippen LogP contribution in [0, 0.1) is 0 Å². The molecule has 5 heteroatoms. The van der Waals surface area contributed by atoms with Gasteiger partial charge in [0.05, 0.1) is 6.54 Å². The number of amides is 1. The molecule has 0 bridgehead atoms. The molecule has 1 saturated carbocycles. The molecule has 164 valence electrons. The van der Waals surface area contributed by atoms with Gasteiger partial charge in [0.25, 0.3) is 0 Å². The van der Waals surface area contributed by atoms with Gasteiger partial charge in [-0.3, -0.25) is 14.6 Å². The lowest BCUT2D eigenvalue weighted by molar-refractivity contribution is -0.134. The third-order valence-corrected chi connectivity index (χ3v) is 7.33. The fourth-order valence-corrected chi connectivity index (χ4v) is 5.04. The van der Waals surface area contributed by atoms with Crippen LogP contribution in [0.1, 0.15) is 19.3 Å². The van der Waals surface area contributed by atoms with Crippen molar-refractivity contribution in [1.29, 1.82) is 0 Å². The zero-order valence-corrected chi connectivity index (χ0v) is 18.5. The molecule has 31 heavy (non-hydrogen) atoms. The molecule has 2 aromatic rings. The third kappa shape index (κ3) is 4.78. The van der Waals surface area contributed by atoms with E-state index in [1.165, 1.54) is 36.1 Å². The molecule has 0 N–H and O–H groups in total. The maximum absolute atomic E-state index is 12.8. The summed E-state index contributed by atoms with van der Waals surface area (Å²) in [5.41, 5.74) is 3.79. The SMILES string of the molecule is O=C(CN1CCN(c2ccc(-c3ccccc3)cc2)CC1)N1CCN(C2CCC2)CC1. The number of hydrogen-bond donors (Lipinski definition) is 0. The van der Waals surface area contributed by atoms with E-state index in [0.717, 1.165) is 58.4 Å². The predicted molar refractivity (Wildman–Crippen MR) is 126 cm³/mol. The first kappa shape index (κ1) is 20.5. The number of carbonyl (C=O) groups excluding carboxylic acids is 1. The first-order chi connectivity index (χ1) is 15.3. The smallest absolute Gasteiger partial charge is 0.236 e.